The first-order chi connectivity index (χ1) is 11.6. The van der Waals surface area contributed by atoms with Crippen LogP contribution in [-0.4, -0.2) is 24.3 Å². The molecule has 0 unspecified atom stereocenters. The molecule has 4 rings (SSSR count). The molecule has 1 aromatic rings. The van der Waals surface area contributed by atoms with E-state index in [0.717, 1.165) is 12.0 Å². The second kappa shape index (κ2) is 5.03. The van der Waals surface area contributed by atoms with E-state index < -0.39 is 28.6 Å². The minimum Gasteiger partial charge on any atom is -0.465 e. The quantitative estimate of drug-likeness (QED) is 0.397. The van der Waals surface area contributed by atoms with Gasteiger partial charge in [0.15, 0.2) is 5.41 Å². The summed E-state index contributed by atoms with van der Waals surface area (Å²) in [6.07, 6.45) is 5.61. The number of carbonyl (C=O) groups excluding carboxylic acids is 3. The van der Waals surface area contributed by atoms with E-state index in [9.17, 15) is 14.4 Å². The van der Waals surface area contributed by atoms with Crippen molar-refractivity contribution in [2.75, 3.05) is 6.61 Å². The van der Waals surface area contributed by atoms with E-state index in [2.05, 4.69) is 11.4 Å². The molecule has 0 bridgehead atoms. The number of ketones is 1. The van der Waals surface area contributed by atoms with Gasteiger partial charge in [-0.25, -0.2) is 0 Å². The topological polar surface area (TPSA) is 72.5 Å². The Morgan fingerprint density at radius 2 is 2.04 bits per heavy atom. The Hall–Kier alpha value is -2.43. The minimum atomic E-state index is -1.45. The lowest BCUT2D eigenvalue weighted by atomic mass is 9.39. The molecule has 2 fully saturated rings. The van der Waals surface area contributed by atoms with Gasteiger partial charge in [-0.05, 0) is 31.2 Å². The van der Waals surface area contributed by atoms with Crippen LogP contribution in [0.5, 0.6) is 0 Å². The second-order valence-corrected chi connectivity index (χ2v) is 6.62. The van der Waals surface area contributed by atoms with Crippen LogP contribution in [0.4, 0.5) is 0 Å². The fourth-order valence-corrected chi connectivity index (χ4v) is 5.01. The van der Waals surface area contributed by atoms with Gasteiger partial charge in [0.2, 0.25) is 5.78 Å². The molecule has 1 N–H and O–H groups in total. The lowest BCUT2D eigenvalue weighted by Crippen LogP contribution is -2.74. The highest BCUT2D eigenvalue weighted by atomic mass is 16.5. The lowest BCUT2D eigenvalue weighted by molar-refractivity contribution is -0.194. The van der Waals surface area contributed by atoms with Crippen molar-refractivity contribution in [3.63, 3.8) is 0 Å². The van der Waals surface area contributed by atoms with Gasteiger partial charge in [-0.1, -0.05) is 42.5 Å². The minimum absolute atomic E-state index is 0.0755. The summed E-state index contributed by atoms with van der Waals surface area (Å²) in [5, 5.41) is 2.87. The third-order valence-electron chi connectivity index (χ3n) is 5.80. The van der Waals surface area contributed by atoms with Crippen LogP contribution in [0.3, 0.4) is 0 Å². The van der Waals surface area contributed by atoms with Crippen molar-refractivity contribution < 1.29 is 19.1 Å². The highest BCUT2D eigenvalue weighted by Crippen LogP contribution is 2.69. The van der Waals surface area contributed by atoms with Crippen LogP contribution in [0.25, 0.3) is 0 Å². The summed E-state index contributed by atoms with van der Waals surface area (Å²) in [5.74, 6) is -2.19. The Bertz CT molecular complexity index is 756. The first-order valence-corrected chi connectivity index (χ1v) is 8.37. The average Bonchev–Trinajstić information content (AvgIpc) is 2.80. The molecule has 5 heteroatoms. The Labute approximate surface area is 140 Å². The summed E-state index contributed by atoms with van der Waals surface area (Å²) in [4.78, 5) is 38.2. The van der Waals surface area contributed by atoms with Crippen LogP contribution < -0.4 is 5.32 Å². The van der Waals surface area contributed by atoms with Crippen molar-refractivity contribution in [1.29, 1.82) is 0 Å². The number of allylic oxidation sites excluding steroid dienone is 1. The third-order valence-corrected chi connectivity index (χ3v) is 5.80. The number of rotatable bonds is 3. The van der Waals surface area contributed by atoms with Crippen LogP contribution in [0.15, 0.2) is 42.5 Å². The van der Waals surface area contributed by atoms with Gasteiger partial charge in [0, 0.05) is 5.92 Å². The van der Waals surface area contributed by atoms with E-state index >= 15 is 0 Å². The Balaban J connectivity index is 1.97. The van der Waals surface area contributed by atoms with E-state index in [1.165, 1.54) is 0 Å². The number of benzene rings is 1. The SMILES string of the molecule is CCOC(=O)[C@]12C(=O)C(=O)N[C@]1(c1ccccc1)[C@H]1C=CCC[C@H]12. The van der Waals surface area contributed by atoms with Crippen LogP contribution in [0, 0.1) is 17.3 Å². The molecule has 1 saturated heterocycles. The van der Waals surface area contributed by atoms with Gasteiger partial charge in [0.25, 0.3) is 5.91 Å². The molecule has 3 aliphatic rings. The number of fused-ring (bicyclic) bond motifs is 4. The molecule has 0 radical (unpaired) electrons. The van der Waals surface area contributed by atoms with Gasteiger partial charge in [0.1, 0.15) is 0 Å². The number of nitrogens with one attached hydrogen (secondary N) is 1. The summed E-state index contributed by atoms with van der Waals surface area (Å²) in [6, 6.07) is 9.32. The average molecular weight is 325 g/mol. The van der Waals surface area contributed by atoms with Crippen molar-refractivity contribution in [3.05, 3.63) is 48.0 Å². The van der Waals surface area contributed by atoms with Gasteiger partial charge in [-0.3, -0.25) is 14.4 Å². The molecule has 24 heavy (non-hydrogen) atoms. The predicted molar refractivity (Wildman–Crippen MR) is 85.7 cm³/mol. The van der Waals surface area contributed by atoms with Crippen molar-refractivity contribution in [1.82, 2.24) is 5.32 Å². The lowest BCUT2D eigenvalue weighted by Gasteiger charge is -2.63. The number of hydrogen-bond acceptors (Lipinski definition) is 4. The summed E-state index contributed by atoms with van der Waals surface area (Å²) in [5.41, 5.74) is -1.70. The number of ether oxygens (including phenoxy) is 1. The Morgan fingerprint density at radius 1 is 1.29 bits per heavy atom. The summed E-state index contributed by atoms with van der Waals surface area (Å²) in [7, 11) is 0. The molecule has 1 heterocycles. The second-order valence-electron chi connectivity index (χ2n) is 6.62. The van der Waals surface area contributed by atoms with Gasteiger partial charge < -0.3 is 10.1 Å². The monoisotopic (exact) mass is 325 g/mol. The molecular weight excluding hydrogens is 306 g/mol. The fourth-order valence-electron chi connectivity index (χ4n) is 5.01. The zero-order valence-electron chi connectivity index (χ0n) is 13.5. The first kappa shape index (κ1) is 15.1. The zero-order valence-corrected chi connectivity index (χ0v) is 13.5. The number of hydrogen-bond donors (Lipinski definition) is 1. The first-order valence-electron chi connectivity index (χ1n) is 8.37. The molecule has 1 aliphatic heterocycles. The standard InChI is InChI=1S/C19H19NO4/c1-2-24-17(23)18-13-10-6-7-11-14(13)19(18,20-16(22)15(18)21)12-8-4-3-5-9-12/h3-5,7-9,11,13-14H,2,6,10H2,1H3,(H,20,22)/t13-,14+,18+,19-/m1/s1. The summed E-state index contributed by atoms with van der Waals surface area (Å²) < 4.78 is 5.29. The number of amides is 1. The fraction of sp³-hybridized carbons (Fsp3) is 0.421. The van der Waals surface area contributed by atoms with E-state index in [0.29, 0.717) is 6.42 Å². The molecule has 5 nitrogen and oxygen atoms in total. The van der Waals surface area contributed by atoms with E-state index in [4.69, 9.17) is 4.74 Å². The van der Waals surface area contributed by atoms with Gasteiger partial charge in [-0.15, -0.1) is 0 Å². The van der Waals surface area contributed by atoms with Crippen LogP contribution in [0.2, 0.25) is 0 Å². The maximum Gasteiger partial charge on any atom is 0.323 e. The highest BCUT2D eigenvalue weighted by Gasteiger charge is 2.84. The molecule has 0 spiro atoms. The highest BCUT2D eigenvalue weighted by molar-refractivity contribution is 6.46. The van der Waals surface area contributed by atoms with Gasteiger partial charge in [-0.2, -0.15) is 0 Å². The van der Waals surface area contributed by atoms with E-state index in [-0.39, 0.29) is 18.4 Å². The van der Waals surface area contributed by atoms with Crippen LogP contribution in [-0.2, 0) is 24.7 Å². The van der Waals surface area contributed by atoms with Gasteiger partial charge >= 0.3 is 5.97 Å². The molecule has 1 saturated carbocycles. The number of Topliss-reactive ketones (excluding diaryl/α,β-unsaturated/α-hetero) is 1. The van der Waals surface area contributed by atoms with Crippen molar-refractivity contribution in [3.8, 4) is 0 Å². The molecule has 1 aromatic carbocycles. The maximum absolute atomic E-state index is 13.0. The predicted octanol–water partition coefficient (Wildman–Crippen LogP) is 1.73. The van der Waals surface area contributed by atoms with E-state index in [1.54, 1.807) is 6.92 Å². The van der Waals surface area contributed by atoms with E-state index in [1.807, 2.05) is 36.4 Å². The van der Waals surface area contributed by atoms with Crippen LogP contribution in [0.1, 0.15) is 25.3 Å². The molecule has 0 aromatic heterocycles. The summed E-state index contributed by atoms with van der Waals surface area (Å²) >= 11 is 0. The molecular formula is C19H19NO4. The smallest absolute Gasteiger partial charge is 0.323 e. The molecule has 124 valence electrons. The van der Waals surface area contributed by atoms with Crippen LogP contribution >= 0.6 is 0 Å². The Morgan fingerprint density at radius 3 is 2.75 bits per heavy atom. The normalized spacial score (nSPS) is 36.4. The van der Waals surface area contributed by atoms with Gasteiger partial charge in [0.05, 0.1) is 12.1 Å². The summed E-state index contributed by atoms with van der Waals surface area (Å²) in [6.45, 7) is 1.89. The number of esters is 1. The van der Waals surface area contributed by atoms with Crippen molar-refractivity contribution in [2.24, 2.45) is 17.3 Å². The van der Waals surface area contributed by atoms with Crippen molar-refractivity contribution in [2.45, 2.75) is 25.3 Å². The van der Waals surface area contributed by atoms with Crippen molar-refractivity contribution >= 4 is 17.7 Å². The third kappa shape index (κ3) is 1.48. The maximum atomic E-state index is 13.0. The molecule has 4 atom stereocenters. The Kier molecular flexibility index (Phi) is 3.17. The zero-order chi connectivity index (χ0) is 16.9. The molecule has 1 amide bonds. The largest absolute Gasteiger partial charge is 0.465 e. The number of carbonyl (C=O) groups is 3. The molecule has 2 aliphatic carbocycles.